The van der Waals surface area contributed by atoms with Crippen molar-refractivity contribution in [3.05, 3.63) is 65.7 Å². The van der Waals surface area contributed by atoms with Gasteiger partial charge in [-0.05, 0) is 43.0 Å². The van der Waals surface area contributed by atoms with Gasteiger partial charge in [-0.2, -0.15) is 0 Å². The maximum Gasteiger partial charge on any atom is 0.0788 e. The molecular formula is C19H15N. The molecule has 1 aromatic heterocycles. The summed E-state index contributed by atoms with van der Waals surface area (Å²) in [6.07, 6.45) is 0. The van der Waals surface area contributed by atoms with E-state index < -0.39 is 0 Å². The van der Waals surface area contributed by atoms with Crippen molar-refractivity contribution < 1.29 is 0 Å². The Bertz CT molecular complexity index is 961. The second-order valence-electron chi connectivity index (χ2n) is 5.55. The van der Waals surface area contributed by atoms with E-state index in [1.54, 1.807) is 0 Å². The molecule has 0 fully saturated rings. The minimum absolute atomic E-state index is 1.08. The molecular weight excluding hydrogens is 242 g/mol. The Balaban J connectivity index is 2.22. The van der Waals surface area contributed by atoms with E-state index in [9.17, 15) is 0 Å². The third-order valence-corrected chi connectivity index (χ3v) is 3.91. The summed E-state index contributed by atoms with van der Waals surface area (Å²) in [6, 6.07) is 19.6. The first-order chi connectivity index (χ1) is 9.70. The number of pyridine rings is 1. The highest BCUT2D eigenvalue weighted by Crippen LogP contribution is 2.28. The van der Waals surface area contributed by atoms with Gasteiger partial charge in [0.05, 0.1) is 11.0 Å². The first kappa shape index (κ1) is 11.4. The van der Waals surface area contributed by atoms with Gasteiger partial charge < -0.3 is 0 Å². The van der Waals surface area contributed by atoms with E-state index in [1.165, 1.54) is 32.7 Å². The Hall–Kier alpha value is -2.41. The van der Waals surface area contributed by atoms with Crippen molar-refractivity contribution in [3.63, 3.8) is 0 Å². The molecule has 0 atom stereocenters. The molecule has 4 rings (SSSR count). The van der Waals surface area contributed by atoms with Crippen LogP contribution in [0.3, 0.4) is 0 Å². The van der Waals surface area contributed by atoms with Crippen LogP contribution in [0.2, 0.25) is 0 Å². The molecule has 4 aromatic rings. The van der Waals surface area contributed by atoms with Gasteiger partial charge in [-0.15, -0.1) is 0 Å². The number of hydrogen-bond acceptors (Lipinski definition) is 1. The largest absolute Gasteiger partial charge is 0.247 e. The molecule has 0 saturated heterocycles. The summed E-state index contributed by atoms with van der Waals surface area (Å²) in [7, 11) is 0. The highest BCUT2D eigenvalue weighted by Gasteiger charge is 2.05. The van der Waals surface area contributed by atoms with E-state index in [1.807, 2.05) is 0 Å². The van der Waals surface area contributed by atoms with Crippen LogP contribution in [0.5, 0.6) is 0 Å². The Morgan fingerprint density at radius 1 is 0.650 bits per heavy atom. The molecule has 20 heavy (non-hydrogen) atoms. The molecule has 0 spiro atoms. The highest BCUT2D eigenvalue weighted by molar-refractivity contribution is 6.08. The molecule has 0 aliphatic heterocycles. The zero-order valence-corrected chi connectivity index (χ0v) is 11.6. The Kier molecular flexibility index (Phi) is 2.31. The predicted octanol–water partition coefficient (Wildman–Crippen LogP) is 5.16. The van der Waals surface area contributed by atoms with Crippen molar-refractivity contribution >= 4 is 32.6 Å². The lowest BCUT2D eigenvalue weighted by molar-refractivity contribution is 1.45. The molecule has 1 heterocycles. The zero-order valence-electron chi connectivity index (χ0n) is 11.6. The van der Waals surface area contributed by atoms with E-state index in [-0.39, 0.29) is 0 Å². The van der Waals surface area contributed by atoms with Gasteiger partial charge in [-0.1, -0.05) is 42.0 Å². The maximum absolute atomic E-state index is 4.91. The average molecular weight is 257 g/mol. The van der Waals surface area contributed by atoms with Crippen LogP contribution < -0.4 is 0 Å². The molecule has 0 radical (unpaired) electrons. The fraction of sp³-hybridized carbons (Fsp3) is 0.105. The van der Waals surface area contributed by atoms with E-state index in [2.05, 4.69) is 68.4 Å². The van der Waals surface area contributed by atoms with Crippen LogP contribution in [0, 0.1) is 13.8 Å². The number of rotatable bonds is 0. The summed E-state index contributed by atoms with van der Waals surface area (Å²) < 4.78 is 0. The van der Waals surface area contributed by atoms with Crippen molar-refractivity contribution in [2.45, 2.75) is 13.8 Å². The number of fused-ring (bicyclic) bond motifs is 4. The van der Waals surface area contributed by atoms with Crippen LogP contribution in [0.15, 0.2) is 54.6 Å². The Morgan fingerprint density at radius 3 is 2.15 bits per heavy atom. The van der Waals surface area contributed by atoms with Crippen molar-refractivity contribution in [3.8, 4) is 0 Å². The smallest absolute Gasteiger partial charge is 0.0788 e. The van der Waals surface area contributed by atoms with Gasteiger partial charge in [0.15, 0.2) is 0 Å². The summed E-state index contributed by atoms with van der Waals surface area (Å²) in [5.74, 6) is 0. The minimum Gasteiger partial charge on any atom is -0.247 e. The number of nitrogens with zero attached hydrogens (tertiary/aromatic N) is 1. The van der Waals surface area contributed by atoms with Crippen LogP contribution in [-0.4, -0.2) is 4.98 Å². The second kappa shape index (κ2) is 4.04. The van der Waals surface area contributed by atoms with Crippen molar-refractivity contribution in [1.29, 1.82) is 0 Å². The number of benzene rings is 3. The first-order valence-corrected chi connectivity index (χ1v) is 6.91. The SMILES string of the molecule is Cc1ccc2cc3ccc4ccc(C)cc4c3nc2c1. The summed E-state index contributed by atoms with van der Waals surface area (Å²) >= 11 is 0. The topological polar surface area (TPSA) is 12.9 Å². The van der Waals surface area contributed by atoms with Gasteiger partial charge in [0, 0.05) is 16.2 Å². The fourth-order valence-corrected chi connectivity index (χ4v) is 2.84. The third-order valence-electron chi connectivity index (χ3n) is 3.91. The van der Waals surface area contributed by atoms with Crippen LogP contribution in [0.1, 0.15) is 11.1 Å². The van der Waals surface area contributed by atoms with E-state index in [0.717, 1.165) is 11.0 Å². The molecule has 0 aliphatic rings. The normalized spacial score (nSPS) is 11.5. The number of hydrogen-bond donors (Lipinski definition) is 0. The Labute approximate surface area is 117 Å². The van der Waals surface area contributed by atoms with Crippen LogP contribution in [0.4, 0.5) is 0 Å². The molecule has 1 nitrogen and oxygen atoms in total. The molecule has 0 N–H and O–H groups in total. The lowest BCUT2D eigenvalue weighted by Crippen LogP contribution is -1.86. The summed E-state index contributed by atoms with van der Waals surface area (Å²) in [5.41, 5.74) is 4.70. The fourth-order valence-electron chi connectivity index (χ4n) is 2.84. The molecule has 0 unspecified atom stereocenters. The monoisotopic (exact) mass is 257 g/mol. The average Bonchev–Trinajstić information content (AvgIpc) is 2.45. The molecule has 96 valence electrons. The second-order valence-corrected chi connectivity index (χ2v) is 5.55. The van der Waals surface area contributed by atoms with Gasteiger partial charge in [-0.3, -0.25) is 0 Å². The third kappa shape index (κ3) is 1.67. The van der Waals surface area contributed by atoms with Gasteiger partial charge in [0.1, 0.15) is 0 Å². The lowest BCUT2D eigenvalue weighted by Gasteiger charge is -2.07. The summed E-state index contributed by atoms with van der Waals surface area (Å²) in [4.78, 5) is 4.91. The standard InChI is InChI=1S/C19H15N/c1-12-3-5-14-7-8-16-11-15-6-4-13(2)10-18(15)20-19(16)17(14)9-12/h3-11H,1-2H3. The van der Waals surface area contributed by atoms with Gasteiger partial charge in [-0.25, -0.2) is 4.98 Å². The molecule has 1 heteroatoms. The highest BCUT2D eigenvalue weighted by atomic mass is 14.7. The molecule has 0 amide bonds. The van der Waals surface area contributed by atoms with Crippen molar-refractivity contribution in [2.75, 3.05) is 0 Å². The molecule has 0 saturated carbocycles. The van der Waals surface area contributed by atoms with Crippen molar-refractivity contribution in [2.24, 2.45) is 0 Å². The quantitative estimate of drug-likeness (QED) is 0.313. The number of aryl methyl sites for hydroxylation is 2. The predicted molar refractivity (Wildman–Crippen MR) is 86.2 cm³/mol. The number of aromatic nitrogens is 1. The molecule has 0 aliphatic carbocycles. The van der Waals surface area contributed by atoms with Crippen molar-refractivity contribution in [1.82, 2.24) is 4.98 Å². The van der Waals surface area contributed by atoms with Gasteiger partial charge >= 0.3 is 0 Å². The van der Waals surface area contributed by atoms with Gasteiger partial charge in [0.25, 0.3) is 0 Å². The molecule has 0 bridgehead atoms. The van der Waals surface area contributed by atoms with E-state index >= 15 is 0 Å². The Morgan fingerprint density at radius 2 is 1.30 bits per heavy atom. The minimum atomic E-state index is 1.08. The van der Waals surface area contributed by atoms with Crippen LogP contribution in [0.25, 0.3) is 32.6 Å². The van der Waals surface area contributed by atoms with Crippen LogP contribution in [-0.2, 0) is 0 Å². The van der Waals surface area contributed by atoms with E-state index in [4.69, 9.17) is 4.98 Å². The summed E-state index contributed by atoms with van der Waals surface area (Å²) in [5, 5.41) is 4.91. The first-order valence-electron chi connectivity index (χ1n) is 6.91. The van der Waals surface area contributed by atoms with Gasteiger partial charge in [0.2, 0.25) is 0 Å². The lowest BCUT2D eigenvalue weighted by atomic mass is 10.0. The van der Waals surface area contributed by atoms with Crippen LogP contribution >= 0.6 is 0 Å². The zero-order chi connectivity index (χ0) is 13.7. The summed E-state index contributed by atoms with van der Waals surface area (Å²) in [6.45, 7) is 4.24. The maximum atomic E-state index is 4.91. The molecule has 3 aromatic carbocycles. The van der Waals surface area contributed by atoms with E-state index in [0.29, 0.717) is 0 Å².